The van der Waals surface area contributed by atoms with Crippen molar-refractivity contribution in [1.82, 2.24) is 14.8 Å². The highest BCUT2D eigenvalue weighted by atomic mass is 32.2. The van der Waals surface area contributed by atoms with E-state index in [1.54, 1.807) is 11.9 Å². The van der Waals surface area contributed by atoms with Gasteiger partial charge in [0.2, 0.25) is 0 Å². The van der Waals surface area contributed by atoms with E-state index in [2.05, 4.69) is 14.8 Å². The van der Waals surface area contributed by atoms with Gasteiger partial charge in [-0.1, -0.05) is 0 Å². The Kier molecular flexibility index (Phi) is 7.20. The van der Waals surface area contributed by atoms with E-state index in [-0.39, 0.29) is 17.1 Å². The molecule has 0 saturated heterocycles. The number of hydrogen-bond acceptors (Lipinski definition) is 6. The first-order chi connectivity index (χ1) is 15.9. The van der Waals surface area contributed by atoms with Gasteiger partial charge in [-0.3, -0.25) is 9.40 Å². The quantitative estimate of drug-likeness (QED) is 0.470. The van der Waals surface area contributed by atoms with E-state index in [0.29, 0.717) is 25.1 Å². The van der Waals surface area contributed by atoms with Gasteiger partial charge in [-0.2, -0.15) is 5.10 Å². The molecule has 1 aromatic carbocycles. The second kappa shape index (κ2) is 9.75. The minimum atomic E-state index is -4.35. The Morgan fingerprint density at radius 2 is 1.91 bits per heavy atom. The molecule has 12 heteroatoms. The van der Waals surface area contributed by atoms with Gasteiger partial charge in [0, 0.05) is 32.5 Å². The molecule has 0 aliphatic rings. The van der Waals surface area contributed by atoms with E-state index in [0.717, 1.165) is 41.7 Å². The normalized spacial score (nSPS) is 11.5. The van der Waals surface area contributed by atoms with Crippen molar-refractivity contribution in [3.05, 3.63) is 64.6 Å². The molecule has 0 aliphatic heterocycles. The zero-order chi connectivity index (χ0) is 25.2. The second-order valence-corrected chi connectivity index (χ2v) is 9.56. The number of aromatic carboxylic acids is 1. The van der Waals surface area contributed by atoms with Crippen molar-refractivity contribution < 1.29 is 27.1 Å². The molecule has 2 aromatic heterocycles. The summed E-state index contributed by atoms with van der Waals surface area (Å²) in [5.74, 6) is -3.61. The van der Waals surface area contributed by atoms with Gasteiger partial charge in [0.15, 0.2) is 17.5 Å². The third kappa shape index (κ3) is 5.33. The third-order valence-corrected chi connectivity index (χ3v) is 6.86. The smallest absolute Gasteiger partial charge is 0.337 e. The van der Waals surface area contributed by atoms with E-state index in [4.69, 9.17) is 0 Å². The minimum absolute atomic E-state index is 0.0964. The van der Waals surface area contributed by atoms with Crippen LogP contribution in [0, 0.1) is 25.5 Å². The van der Waals surface area contributed by atoms with Crippen molar-refractivity contribution in [3.8, 4) is 0 Å². The summed E-state index contributed by atoms with van der Waals surface area (Å²) in [6.07, 6.45) is 2.56. The maximum atomic E-state index is 13.6. The van der Waals surface area contributed by atoms with Gasteiger partial charge in [-0.25, -0.2) is 27.0 Å². The lowest BCUT2D eigenvalue weighted by atomic mass is 10.1. The molecule has 182 valence electrons. The summed E-state index contributed by atoms with van der Waals surface area (Å²) in [6.45, 7) is 4.40. The van der Waals surface area contributed by atoms with Crippen LogP contribution in [0.5, 0.6) is 0 Å². The summed E-state index contributed by atoms with van der Waals surface area (Å²) >= 11 is 0. The number of sulfonamides is 1. The molecular formula is C22H25F2N5O4S. The first-order valence-electron chi connectivity index (χ1n) is 10.3. The Balaban J connectivity index is 1.85. The number of anilines is 2. The molecule has 0 spiro atoms. The summed E-state index contributed by atoms with van der Waals surface area (Å²) in [7, 11) is -0.783. The number of aromatic nitrogens is 3. The van der Waals surface area contributed by atoms with Crippen LogP contribution in [-0.2, 0) is 23.5 Å². The van der Waals surface area contributed by atoms with Crippen molar-refractivity contribution in [2.24, 2.45) is 7.05 Å². The fourth-order valence-corrected chi connectivity index (χ4v) is 4.64. The molecule has 0 bridgehead atoms. The first-order valence-corrected chi connectivity index (χ1v) is 11.8. The lowest BCUT2D eigenvalue weighted by Gasteiger charge is -2.22. The molecule has 3 aromatic rings. The van der Waals surface area contributed by atoms with Crippen molar-refractivity contribution in [3.63, 3.8) is 0 Å². The summed E-state index contributed by atoms with van der Waals surface area (Å²) in [5.41, 5.74) is 2.79. The fourth-order valence-electron chi connectivity index (χ4n) is 3.58. The molecule has 0 radical (unpaired) electrons. The van der Waals surface area contributed by atoms with Crippen molar-refractivity contribution in [2.75, 3.05) is 23.2 Å². The van der Waals surface area contributed by atoms with Crippen molar-refractivity contribution in [2.45, 2.75) is 31.6 Å². The molecule has 3 rings (SSSR count). The van der Waals surface area contributed by atoms with Gasteiger partial charge in [0.25, 0.3) is 10.0 Å². The monoisotopic (exact) mass is 493 g/mol. The number of hydrogen-bond donors (Lipinski definition) is 2. The number of carboxylic acids is 1. The highest BCUT2D eigenvalue weighted by molar-refractivity contribution is 7.92. The van der Waals surface area contributed by atoms with Crippen LogP contribution in [0.25, 0.3) is 0 Å². The summed E-state index contributed by atoms with van der Waals surface area (Å²) in [4.78, 5) is 16.7. The number of aryl methyl sites for hydroxylation is 2. The Morgan fingerprint density at radius 1 is 1.21 bits per heavy atom. The van der Waals surface area contributed by atoms with Crippen LogP contribution in [0.3, 0.4) is 0 Å². The number of carbonyl (C=O) groups is 1. The third-order valence-electron chi connectivity index (χ3n) is 5.50. The van der Waals surface area contributed by atoms with Gasteiger partial charge >= 0.3 is 5.97 Å². The molecule has 0 atom stereocenters. The molecule has 0 fully saturated rings. The summed E-state index contributed by atoms with van der Waals surface area (Å²) in [6, 6.07) is 3.30. The standard InChI is InChI=1S/C22H25F2N5O4S/c1-13-17(14(2)29(4)26-13)6-5-9-28(3)21-20(10-15(12-25-21)22(30)31)27-34(32,33)16-7-8-18(23)19(24)11-16/h7-8,10-12,27H,5-6,9H2,1-4H3,(H,30,31). The van der Waals surface area contributed by atoms with Crippen molar-refractivity contribution in [1.29, 1.82) is 0 Å². The number of nitrogens with one attached hydrogen (secondary N) is 1. The van der Waals surface area contributed by atoms with Crippen LogP contribution in [-0.4, -0.2) is 47.9 Å². The number of pyridine rings is 1. The summed E-state index contributed by atoms with van der Waals surface area (Å²) < 4.78 is 56.5. The average Bonchev–Trinajstić information content (AvgIpc) is 3.00. The molecule has 2 heterocycles. The van der Waals surface area contributed by atoms with E-state index < -0.39 is 32.5 Å². The molecule has 2 N–H and O–H groups in total. The number of carboxylic acid groups (broad SMARTS) is 1. The zero-order valence-corrected chi connectivity index (χ0v) is 19.9. The fraction of sp³-hybridized carbons (Fsp3) is 0.318. The average molecular weight is 494 g/mol. The first kappa shape index (κ1) is 25.1. The zero-order valence-electron chi connectivity index (χ0n) is 19.1. The highest BCUT2D eigenvalue weighted by Crippen LogP contribution is 2.27. The summed E-state index contributed by atoms with van der Waals surface area (Å²) in [5, 5.41) is 13.7. The number of rotatable bonds is 9. The van der Waals surface area contributed by atoms with Gasteiger partial charge in [0.05, 0.1) is 21.8 Å². The van der Waals surface area contributed by atoms with Crippen LogP contribution in [0.4, 0.5) is 20.3 Å². The van der Waals surface area contributed by atoms with Crippen LogP contribution in [0.15, 0.2) is 35.4 Å². The van der Waals surface area contributed by atoms with E-state index in [1.807, 2.05) is 25.6 Å². The van der Waals surface area contributed by atoms with Crippen molar-refractivity contribution >= 4 is 27.5 Å². The maximum absolute atomic E-state index is 13.6. The van der Waals surface area contributed by atoms with Gasteiger partial charge in [0.1, 0.15) is 0 Å². The highest BCUT2D eigenvalue weighted by Gasteiger charge is 2.22. The SMILES string of the molecule is Cc1nn(C)c(C)c1CCCN(C)c1ncc(C(=O)O)cc1NS(=O)(=O)c1ccc(F)c(F)c1. The van der Waals surface area contributed by atoms with E-state index >= 15 is 0 Å². The van der Waals surface area contributed by atoms with Crippen LogP contribution < -0.4 is 9.62 Å². The Labute approximate surface area is 196 Å². The lowest BCUT2D eigenvalue weighted by Crippen LogP contribution is -2.24. The van der Waals surface area contributed by atoms with Gasteiger partial charge in [-0.05, 0) is 56.5 Å². The number of benzene rings is 1. The Hall–Kier alpha value is -3.54. The van der Waals surface area contributed by atoms with Gasteiger partial charge < -0.3 is 10.0 Å². The minimum Gasteiger partial charge on any atom is -0.478 e. The molecular weight excluding hydrogens is 468 g/mol. The molecule has 34 heavy (non-hydrogen) atoms. The maximum Gasteiger partial charge on any atom is 0.337 e. The van der Waals surface area contributed by atoms with E-state index in [9.17, 15) is 27.1 Å². The molecule has 0 unspecified atom stereocenters. The molecule has 0 amide bonds. The van der Waals surface area contributed by atoms with E-state index in [1.165, 1.54) is 0 Å². The predicted molar refractivity (Wildman–Crippen MR) is 123 cm³/mol. The van der Waals surface area contributed by atoms with Gasteiger partial charge in [-0.15, -0.1) is 0 Å². The Morgan fingerprint density at radius 3 is 2.50 bits per heavy atom. The molecule has 0 saturated carbocycles. The van der Waals surface area contributed by atoms with Crippen LogP contribution >= 0.6 is 0 Å². The number of nitrogens with zero attached hydrogens (tertiary/aromatic N) is 4. The topological polar surface area (TPSA) is 117 Å². The predicted octanol–water partition coefficient (Wildman–Crippen LogP) is 3.28. The molecule has 0 aliphatic carbocycles. The number of halogens is 2. The van der Waals surface area contributed by atoms with Crippen LogP contribution in [0.2, 0.25) is 0 Å². The lowest BCUT2D eigenvalue weighted by molar-refractivity contribution is 0.0696. The second-order valence-electron chi connectivity index (χ2n) is 7.88. The largest absolute Gasteiger partial charge is 0.478 e. The van der Waals surface area contributed by atoms with Crippen LogP contribution in [0.1, 0.15) is 33.7 Å². The Bertz CT molecular complexity index is 1340. The molecule has 9 nitrogen and oxygen atoms in total.